The second-order valence-corrected chi connectivity index (χ2v) is 3.55. The number of nitrogens with one attached hydrogen (secondary N) is 2. The summed E-state index contributed by atoms with van der Waals surface area (Å²) in [6, 6.07) is 4.65. The smallest absolute Gasteiger partial charge is 0.292 e. The van der Waals surface area contributed by atoms with Gasteiger partial charge in [-0.3, -0.25) is 14.3 Å². The minimum absolute atomic E-state index is 0.192. The van der Waals surface area contributed by atoms with Gasteiger partial charge in [-0.25, -0.2) is 0 Å². The van der Waals surface area contributed by atoms with Crippen molar-refractivity contribution in [3.8, 4) is 0 Å². The molecule has 7 nitrogen and oxygen atoms in total. The average molecular weight is 248 g/mol. The third-order valence-corrected chi connectivity index (χ3v) is 2.33. The summed E-state index contributed by atoms with van der Waals surface area (Å²) < 4.78 is 6.37. The number of aromatic nitrogens is 2. The van der Waals surface area contributed by atoms with E-state index in [-0.39, 0.29) is 17.4 Å². The van der Waals surface area contributed by atoms with Crippen molar-refractivity contribution in [2.24, 2.45) is 7.05 Å². The third-order valence-electron chi connectivity index (χ3n) is 2.33. The van der Waals surface area contributed by atoms with Gasteiger partial charge in [0.05, 0.1) is 6.26 Å². The Morgan fingerprint density at radius 1 is 1.39 bits per heavy atom. The molecule has 0 radical (unpaired) electrons. The molecule has 0 aliphatic carbocycles. The Kier molecular flexibility index (Phi) is 3.13. The van der Waals surface area contributed by atoms with Crippen LogP contribution in [-0.2, 0) is 7.05 Å². The van der Waals surface area contributed by atoms with E-state index in [0.717, 1.165) is 0 Å². The second kappa shape index (κ2) is 4.74. The van der Waals surface area contributed by atoms with E-state index in [4.69, 9.17) is 4.42 Å². The summed E-state index contributed by atoms with van der Waals surface area (Å²) in [5.41, 5.74) is 0.231. The normalized spacial score (nSPS) is 10.1. The lowest BCUT2D eigenvalue weighted by molar-refractivity contribution is 0.0956. The van der Waals surface area contributed by atoms with Gasteiger partial charge in [-0.1, -0.05) is 0 Å². The molecule has 0 unspecified atom stereocenters. The standard InChI is InChI=1S/C11H12N4O3/c1-12-10(16)7-6-9(15(2)14-7)13-11(17)8-4-3-5-18-8/h3-6H,1-2H3,(H,12,16)(H,13,17). The van der Waals surface area contributed by atoms with E-state index in [1.807, 2.05) is 0 Å². The zero-order chi connectivity index (χ0) is 13.1. The number of rotatable bonds is 3. The van der Waals surface area contributed by atoms with Crippen LogP contribution in [0.5, 0.6) is 0 Å². The number of anilines is 1. The maximum atomic E-state index is 11.7. The van der Waals surface area contributed by atoms with Crippen LogP contribution in [0.4, 0.5) is 5.82 Å². The first kappa shape index (κ1) is 11.9. The highest BCUT2D eigenvalue weighted by atomic mass is 16.3. The zero-order valence-corrected chi connectivity index (χ0v) is 9.93. The van der Waals surface area contributed by atoms with E-state index in [1.54, 1.807) is 19.2 Å². The number of amides is 2. The Balaban J connectivity index is 2.17. The van der Waals surface area contributed by atoms with E-state index in [1.165, 1.54) is 24.1 Å². The van der Waals surface area contributed by atoms with Crippen molar-refractivity contribution in [2.75, 3.05) is 12.4 Å². The first-order chi connectivity index (χ1) is 8.61. The van der Waals surface area contributed by atoms with Crippen LogP contribution in [0.25, 0.3) is 0 Å². The molecule has 0 aliphatic heterocycles. The molecule has 18 heavy (non-hydrogen) atoms. The predicted octanol–water partition coefficient (Wildman–Crippen LogP) is 0.625. The molecular formula is C11H12N4O3. The van der Waals surface area contributed by atoms with E-state index in [0.29, 0.717) is 5.82 Å². The van der Waals surface area contributed by atoms with Gasteiger partial charge in [0.15, 0.2) is 11.5 Å². The van der Waals surface area contributed by atoms with E-state index < -0.39 is 5.91 Å². The molecular weight excluding hydrogens is 236 g/mol. The molecule has 2 heterocycles. The fourth-order valence-electron chi connectivity index (χ4n) is 1.41. The predicted molar refractivity (Wildman–Crippen MR) is 63.3 cm³/mol. The monoisotopic (exact) mass is 248 g/mol. The minimum atomic E-state index is -0.397. The van der Waals surface area contributed by atoms with Gasteiger partial charge in [-0.05, 0) is 12.1 Å². The minimum Gasteiger partial charge on any atom is -0.459 e. The van der Waals surface area contributed by atoms with Gasteiger partial charge in [0.1, 0.15) is 5.82 Å². The summed E-state index contributed by atoms with van der Waals surface area (Å²) in [5, 5.41) is 9.03. The number of hydrogen-bond donors (Lipinski definition) is 2. The molecule has 2 aromatic heterocycles. The number of furan rings is 1. The summed E-state index contributed by atoms with van der Waals surface area (Å²) in [6.45, 7) is 0. The number of carbonyl (C=O) groups is 2. The van der Waals surface area contributed by atoms with Crippen LogP contribution < -0.4 is 10.6 Å². The van der Waals surface area contributed by atoms with Crippen molar-refractivity contribution in [2.45, 2.75) is 0 Å². The first-order valence-corrected chi connectivity index (χ1v) is 5.23. The summed E-state index contributed by atoms with van der Waals surface area (Å²) in [4.78, 5) is 23.1. The highest BCUT2D eigenvalue weighted by Crippen LogP contribution is 2.11. The van der Waals surface area contributed by atoms with Crippen molar-refractivity contribution < 1.29 is 14.0 Å². The van der Waals surface area contributed by atoms with Gasteiger partial charge in [-0.2, -0.15) is 5.10 Å². The van der Waals surface area contributed by atoms with Crippen molar-refractivity contribution in [1.29, 1.82) is 0 Å². The molecule has 0 saturated carbocycles. The Morgan fingerprint density at radius 2 is 2.17 bits per heavy atom. The van der Waals surface area contributed by atoms with Crippen LogP contribution >= 0.6 is 0 Å². The summed E-state index contributed by atoms with van der Waals surface area (Å²) in [6.07, 6.45) is 1.41. The summed E-state index contributed by atoms with van der Waals surface area (Å²) >= 11 is 0. The van der Waals surface area contributed by atoms with Crippen LogP contribution in [-0.4, -0.2) is 28.6 Å². The highest BCUT2D eigenvalue weighted by Gasteiger charge is 2.15. The molecule has 0 saturated heterocycles. The first-order valence-electron chi connectivity index (χ1n) is 5.23. The molecule has 0 fully saturated rings. The highest BCUT2D eigenvalue weighted by molar-refractivity contribution is 6.02. The van der Waals surface area contributed by atoms with Crippen LogP contribution in [0, 0.1) is 0 Å². The average Bonchev–Trinajstić information content (AvgIpc) is 2.99. The van der Waals surface area contributed by atoms with Crippen LogP contribution in [0.2, 0.25) is 0 Å². The third kappa shape index (κ3) is 2.24. The van der Waals surface area contributed by atoms with Gasteiger partial charge in [-0.15, -0.1) is 0 Å². The Bertz CT molecular complexity index is 571. The molecule has 0 aliphatic rings. The second-order valence-electron chi connectivity index (χ2n) is 3.55. The number of nitrogens with zero attached hydrogens (tertiary/aromatic N) is 2. The molecule has 2 rings (SSSR count). The molecule has 2 aromatic rings. The Labute approximate surface area is 103 Å². The summed E-state index contributed by atoms with van der Waals surface area (Å²) in [5.74, 6) is -0.108. The zero-order valence-electron chi connectivity index (χ0n) is 9.93. The van der Waals surface area contributed by atoms with Crippen molar-refractivity contribution >= 4 is 17.6 Å². The quantitative estimate of drug-likeness (QED) is 0.833. The van der Waals surface area contributed by atoms with Gasteiger partial charge >= 0.3 is 0 Å². The van der Waals surface area contributed by atoms with Crippen LogP contribution in [0.1, 0.15) is 21.0 Å². The molecule has 7 heteroatoms. The molecule has 0 bridgehead atoms. The van der Waals surface area contributed by atoms with E-state index >= 15 is 0 Å². The van der Waals surface area contributed by atoms with Gasteiger partial charge < -0.3 is 15.1 Å². The maximum Gasteiger partial charge on any atom is 0.292 e. The maximum absolute atomic E-state index is 11.7. The fourth-order valence-corrected chi connectivity index (χ4v) is 1.41. The SMILES string of the molecule is CNC(=O)c1cc(NC(=O)c2ccco2)n(C)n1. The Hall–Kier alpha value is -2.57. The number of carbonyl (C=O) groups excluding carboxylic acids is 2. The molecule has 94 valence electrons. The lowest BCUT2D eigenvalue weighted by Gasteiger charge is -2.01. The molecule has 2 amide bonds. The lowest BCUT2D eigenvalue weighted by atomic mass is 10.4. The number of hydrogen-bond acceptors (Lipinski definition) is 4. The number of aryl methyl sites for hydroxylation is 1. The molecule has 0 atom stereocenters. The fraction of sp³-hybridized carbons (Fsp3) is 0.182. The Morgan fingerprint density at radius 3 is 2.78 bits per heavy atom. The van der Waals surface area contributed by atoms with Crippen molar-refractivity contribution in [3.63, 3.8) is 0 Å². The molecule has 0 spiro atoms. The van der Waals surface area contributed by atoms with Crippen LogP contribution in [0.3, 0.4) is 0 Å². The van der Waals surface area contributed by atoms with Crippen LogP contribution in [0.15, 0.2) is 28.9 Å². The lowest BCUT2D eigenvalue weighted by Crippen LogP contribution is -2.18. The summed E-state index contributed by atoms with van der Waals surface area (Å²) in [7, 11) is 3.14. The molecule has 2 N–H and O–H groups in total. The van der Waals surface area contributed by atoms with Crippen molar-refractivity contribution in [1.82, 2.24) is 15.1 Å². The van der Waals surface area contributed by atoms with Crippen molar-refractivity contribution in [3.05, 3.63) is 35.9 Å². The van der Waals surface area contributed by atoms with Gasteiger partial charge in [0.2, 0.25) is 0 Å². The van der Waals surface area contributed by atoms with E-state index in [9.17, 15) is 9.59 Å². The largest absolute Gasteiger partial charge is 0.459 e. The molecule has 0 aromatic carbocycles. The van der Waals surface area contributed by atoms with E-state index in [2.05, 4.69) is 15.7 Å². The topological polar surface area (TPSA) is 89.2 Å². The van der Waals surface area contributed by atoms with Gasteiger partial charge in [0, 0.05) is 20.2 Å². The van der Waals surface area contributed by atoms with Gasteiger partial charge in [0.25, 0.3) is 11.8 Å².